The summed E-state index contributed by atoms with van der Waals surface area (Å²) in [7, 11) is 17.8. The van der Waals surface area contributed by atoms with Crippen LogP contribution in [0.3, 0.4) is 0 Å². The number of anilines is 4. The molecule has 0 aliphatic heterocycles. The molecule has 18 heteroatoms. The molecular weight excluding hydrogens is 1100 g/mol. The number of rotatable bonds is 4. The SMILES string of the molecule is C.CC.CC.CI.Cc1c[nH]c(=S)cc1N.Cc1cnc(SCl)cc1N.Cc1cnc(SSc2cc(N)c(C)cn2)cc1N.ClCl.ICI. The van der Waals surface area contributed by atoms with Gasteiger partial charge >= 0.3 is 0 Å². The van der Waals surface area contributed by atoms with Crippen molar-refractivity contribution in [3.8, 4) is 0 Å². The highest BCUT2D eigenvalue weighted by atomic mass is 127. The van der Waals surface area contributed by atoms with E-state index in [9.17, 15) is 0 Å². The fourth-order valence-electron chi connectivity index (χ4n) is 2.34. The van der Waals surface area contributed by atoms with Gasteiger partial charge in [-0.3, -0.25) is 0 Å². The van der Waals surface area contributed by atoms with Gasteiger partial charge in [0, 0.05) is 80.2 Å². The number of pyridine rings is 4. The Hall–Kier alpha value is 0.130. The van der Waals surface area contributed by atoms with Gasteiger partial charge in [0.2, 0.25) is 0 Å². The molecular formula is C31H50Cl3I3N8S4. The Morgan fingerprint density at radius 1 is 0.653 bits per heavy atom. The lowest BCUT2D eigenvalue weighted by Gasteiger charge is -2.04. The molecule has 0 fully saturated rings. The van der Waals surface area contributed by atoms with Crippen LogP contribution in [0.5, 0.6) is 0 Å². The predicted molar refractivity (Wildman–Crippen MR) is 258 cm³/mol. The van der Waals surface area contributed by atoms with Crippen molar-refractivity contribution in [1.29, 1.82) is 0 Å². The van der Waals surface area contributed by atoms with Crippen LogP contribution in [0.25, 0.3) is 0 Å². The summed E-state index contributed by atoms with van der Waals surface area (Å²) < 4.78 is 1.87. The Balaban J connectivity index is -0.000000179. The van der Waals surface area contributed by atoms with E-state index in [1.807, 2.05) is 72.5 Å². The highest BCUT2D eigenvalue weighted by molar-refractivity contribution is 14.2. The fourth-order valence-corrected chi connectivity index (χ4v) is 4.81. The second-order valence-electron chi connectivity index (χ2n) is 7.92. The monoisotopic (exact) mass is 1150 g/mol. The van der Waals surface area contributed by atoms with E-state index in [0.29, 0.717) is 4.64 Å². The van der Waals surface area contributed by atoms with Gasteiger partial charge in [-0.25, -0.2) is 15.0 Å². The Kier molecular flexibility index (Phi) is 46.9. The maximum Gasteiger partial charge on any atom is 0.113 e. The zero-order valence-corrected chi connectivity index (χ0v) is 40.4. The molecule has 280 valence electrons. The maximum absolute atomic E-state index is 5.84. The first-order chi connectivity index (χ1) is 22.9. The van der Waals surface area contributed by atoms with Crippen LogP contribution in [-0.2, 0) is 0 Å². The van der Waals surface area contributed by atoms with Crippen LogP contribution in [0.2, 0.25) is 0 Å². The average Bonchev–Trinajstić information content (AvgIpc) is 3.11. The molecule has 0 aromatic carbocycles. The standard InChI is InChI=1S/C12H14N4S2.C6H7ClN2S.C6H8N2S.2C2H6.CH2I2.CH3I.CH4.Cl2/c1-7-5-15-11(3-9(7)13)17-18-12-4-10(14)8(2)6-16-12;1-4-3-9-6(10-7)2-5(4)8;1-4-3-8-6(9)2-5(4)7;2*1-2;2-1-3;1-2;;1-2/h3-6H,1-2H3,(H2,13,15)(H2,14,16);2-3H,1H3,(H2,8,9);2-3H,1H3,(H3,7,8,9);2*1-2H3;1H2;1H3;1H4;. The topological polar surface area (TPSA) is 159 Å². The third kappa shape index (κ3) is 29.3. The van der Waals surface area contributed by atoms with Crippen LogP contribution in [0.1, 0.15) is 57.4 Å². The van der Waals surface area contributed by atoms with Crippen LogP contribution < -0.4 is 22.9 Å². The first-order valence-electron chi connectivity index (χ1n) is 13.8. The minimum Gasteiger partial charge on any atom is -0.398 e. The maximum atomic E-state index is 5.84. The van der Waals surface area contributed by atoms with Gasteiger partial charge in [-0.1, -0.05) is 115 Å². The smallest absolute Gasteiger partial charge is 0.113 e. The van der Waals surface area contributed by atoms with E-state index in [0.717, 1.165) is 71.1 Å². The van der Waals surface area contributed by atoms with Gasteiger partial charge in [0.15, 0.2) is 0 Å². The molecule has 8 nitrogen and oxygen atoms in total. The Morgan fingerprint density at radius 2 is 0.939 bits per heavy atom. The minimum atomic E-state index is 0. The number of hydrogen-bond donors (Lipinski definition) is 5. The molecule has 0 atom stereocenters. The van der Waals surface area contributed by atoms with Crippen LogP contribution in [0.15, 0.2) is 64.1 Å². The highest BCUT2D eigenvalue weighted by Crippen LogP contribution is 2.36. The van der Waals surface area contributed by atoms with Gasteiger partial charge in [-0.15, -0.1) is 0 Å². The van der Waals surface area contributed by atoms with E-state index in [1.54, 1.807) is 36.9 Å². The molecule has 49 heavy (non-hydrogen) atoms. The molecule has 0 spiro atoms. The minimum absolute atomic E-state index is 0. The zero-order valence-electron chi connectivity index (χ0n) is 28.4. The quantitative estimate of drug-likeness (QED) is 0.0573. The molecule has 9 N–H and O–H groups in total. The number of aromatic nitrogens is 4. The second kappa shape index (κ2) is 39.3. The summed E-state index contributed by atoms with van der Waals surface area (Å²) in [6.45, 7) is 15.7. The number of aromatic amines is 1. The summed E-state index contributed by atoms with van der Waals surface area (Å²) >= 11 is 11.5. The van der Waals surface area contributed by atoms with Crippen molar-refractivity contribution < 1.29 is 0 Å². The number of nitrogens with zero attached hydrogens (tertiary/aromatic N) is 3. The van der Waals surface area contributed by atoms with Gasteiger partial charge in [-0.05, 0) is 111 Å². The van der Waals surface area contributed by atoms with E-state index < -0.39 is 0 Å². The summed E-state index contributed by atoms with van der Waals surface area (Å²) in [5, 5.41) is 2.47. The summed E-state index contributed by atoms with van der Waals surface area (Å²) in [6, 6.07) is 7.23. The van der Waals surface area contributed by atoms with Gasteiger partial charge in [0.1, 0.15) is 19.7 Å². The molecule has 4 aromatic rings. The molecule has 0 unspecified atom stereocenters. The average molecular weight is 1150 g/mol. The lowest BCUT2D eigenvalue weighted by molar-refractivity contribution is 1.11. The van der Waals surface area contributed by atoms with Gasteiger partial charge in [0.05, 0.1) is 2.43 Å². The van der Waals surface area contributed by atoms with Gasteiger partial charge < -0.3 is 27.9 Å². The number of hydrogen-bond acceptors (Lipinski definition) is 11. The largest absolute Gasteiger partial charge is 0.398 e. The zero-order chi connectivity index (χ0) is 38.2. The summed E-state index contributed by atoms with van der Waals surface area (Å²) in [6.07, 6.45) is 7.06. The number of nitrogen functional groups attached to an aromatic ring is 4. The molecule has 0 radical (unpaired) electrons. The number of aryl methyl sites for hydroxylation is 4. The second-order valence-corrected chi connectivity index (χ2v) is 16.0. The molecule has 0 aliphatic carbocycles. The van der Waals surface area contributed by atoms with Crippen molar-refractivity contribution in [2.75, 3.05) is 30.3 Å². The van der Waals surface area contributed by atoms with Crippen molar-refractivity contribution in [1.82, 2.24) is 19.9 Å². The Bertz CT molecular complexity index is 1390. The van der Waals surface area contributed by atoms with Crippen LogP contribution in [0, 0.1) is 32.3 Å². The third-order valence-corrected chi connectivity index (χ3v) is 8.06. The van der Waals surface area contributed by atoms with E-state index in [-0.39, 0.29) is 7.43 Å². The van der Waals surface area contributed by atoms with E-state index in [1.165, 1.54) is 24.0 Å². The summed E-state index contributed by atoms with van der Waals surface area (Å²) in [5.41, 5.74) is 29.8. The molecule has 4 rings (SSSR count). The molecule has 0 saturated heterocycles. The van der Waals surface area contributed by atoms with Gasteiger partial charge in [-0.2, -0.15) is 0 Å². The lowest BCUT2D eigenvalue weighted by Crippen LogP contribution is -1.92. The summed E-state index contributed by atoms with van der Waals surface area (Å²) in [5.74, 6) is 0. The van der Waals surface area contributed by atoms with Gasteiger partial charge in [0.25, 0.3) is 0 Å². The normalized spacial score (nSPS) is 8.47. The van der Waals surface area contributed by atoms with Crippen molar-refractivity contribution in [2.45, 2.75) is 77.9 Å². The third-order valence-electron chi connectivity index (χ3n) is 4.82. The highest BCUT2D eigenvalue weighted by Gasteiger charge is 2.04. The first kappa shape index (κ1) is 58.4. The van der Waals surface area contributed by atoms with E-state index in [2.05, 4.69) is 109 Å². The molecule has 4 aromatic heterocycles. The number of nitrogens with one attached hydrogen (secondary N) is 1. The van der Waals surface area contributed by atoms with Crippen LogP contribution in [-0.4, -0.2) is 27.3 Å². The van der Waals surface area contributed by atoms with Crippen molar-refractivity contribution in [3.63, 3.8) is 0 Å². The van der Waals surface area contributed by atoms with Crippen molar-refractivity contribution >= 4 is 168 Å². The molecule has 0 aliphatic rings. The van der Waals surface area contributed by atoms with Crippen LogP contribution >= 0.6 is 145 Å². The number of H-pyrrole nitrogens is 1. The number of halogens is 6. The van der Waals surface area contributed by atoms with E-state index in [4.69, 9.17) is 45.8 Å². The Morgan fingerprint density at radius 3 is 1.20 bits per heavy atom. The predicted octanol–water partition coefficient (Wildman–Crippen LogP) is 13.8. The Labute approximate surface area is 367 Å². The molecule has 0 bridgehead atoms. The number of alkyl halides is 3. The lowest BCUT2D eigenvalue weighted by atomic mass is 10.3. The van der Waals surface area contributed by atoms with Crippen molar-refractivity contribution in [2.24, 2.45) is 0 Å². The first-order valence-corrected chi connectivity index (χ1v) is 24.3. The molecule has 4 heterocycles. The molecule has 0 amide bonds. The molecule has 0 saturated carbocycles. The fraction of sp³-hybridized carbons (Fsp3) is 0.355. The van der Waals surface area contributed by atoms with Crippen molar-refractivity contribution in [3.05, 3.63) is 75.9 Å². The summed E-state index contributed by atoms with van der Waals surface area (Å²) in [4.78, 5) is 17.4. The van der Waals surface area contributed by atoms with Crippen LogP contribution in [0.4, 0.5) is 22.7 Å². The van der Waals surface area contributed by atoms with E-state index >= 15 is 0 Å². The number of nitrogens with two attached hydrogens (primary N) is 4.